The number of aromatic nitrogens is 3. The number of hydrogen-bond donors (Lipinski definition) is 3. The van der Waals surface area contributed by atoms with Crippen LogP contribution in [0.5, 0.6) is 0 Å². The van der Waals surface area contributed by atoms with Gasteiger partial charge in [0, 0.05) is 18.7 Å². The summed E-state index contributed by atoms with van der Waals surface area (Å²) in [6, 6.07) is 7.93. The van der Waals surface area contributed by atoms with E-state index in [0.717, 1.165) is 28.1 Å². The Morgan fingerprint density at radius 3 is 2.81 bits per heavy atom. The van der Waals surface area contributed by atoms with Crippen LogP contribution >= 0.6 is 22.9 Å². The predicted molar refractivity (Wildman–Crippen MR) is 126 cm³/mol. The van der Waals surface area contributed by atoms with Crippen molar-refractivity contribution in [1.82, 2.24) is 15.0 Å². The zero-order valence-corrected chi connectivity index (χ0v) is 19.2. The molecule has 31 heavy (non-hydrogen) atoms. The van der Waals surface area contributed by atoms with Gasteiger partial charge in [-0.05, 0) is 50.2 Å². The smallest absolute Gasteiger partial charge is 0.226 e. The second kappa shape index (κ2) is 9.22. The molecule has 1 aromatic carbocycles. The number of nitrogens with one attached hydrogen (secondary N) is 2. The molecule has 6 nitrogen and oxygen atoms in total. The van der Waals surface area contributed by atoms with E-state index in [2.05, 4.69) is 29.5 Å². The monoisotopic (exact) mass is 463 g/mol. The maximum atomic E-state index is 12.5. The molecule has 0 bridgehead atoms. The number of thiazole rings is 1. The first-order chi connectivity index (χ1) is 14.9. The molecule has 1 saturated carbocycles. The molecule has 1 aliphatic rings. The predicted octanol–water partition coefficient (Wildman–Crippen LogP) is 5.39. The molecule has 0 radical (unpaired) electrons. The molecule has 166 valence electrons. The summed E-state index contributed by atoms with van der Waals surface area (Å²) in [6.45, 7) is 4.49. The van der Waals surface area contributed by atoms with E-state index >= 15 is 0 Å². The van der Waals surface area contributed by atoms with Gasteiger partial charge in [0.05, 0.1) is 22.5 Å². The molecule has 2 heterocycles. The van der Waals surface area contributed by atoms with Crippen molar-refractivity contribution in [2.24, 2.45) is 11.8 Å². The Balaban J connectivity index is 1.76. The lowest BCUT2D eigenvalue weighted by molar-refractivity contribution is 0.187. The van der Waals surface area contributed by atoms with Gasteiger partial charge in [-0.2, -0.15) is 4.98 Å². The van der Waals surface area contributed by atoms with Gasteiger partial charge in [-0.25, -0.2) is 9.97 Å². The van der Waals surface area contributed by atoms with E-state index in [9.17, 15) is 9.50 Å². The number of alkyl halides is 1. The Bertz CT molecular complexity index is 1030. The fourth-order valence-electron chi connectivity index (χ4n) is 4.22. The quantitative estimate of drug-likeness (QED) is 0.307. The van der Waals surface area contributed by atoms with Crippen molar-refractivity contribution >= 4 is 44.9 Å². The number of nitrogens with zero attached hydrogens (tertiary/aromatic N) is 3. The normalized spacial score (nSPS) is 23.4. The van der Waals surface area contributed by atoms with Crippen LogP contribution in [0.25, 0.3) is 20.8 Å². The Kier molecular flexibility index (Phi) is 6.60. The minimum absolute atomic E-state index is 0.170. The zero-order chi connectivity index (χ0) is 22.0. The number of anilines is 2. The molecule has 0 aliphatic heterocycles. The highest BCUT2D eigenvalue weighted by atomic mass is 35.5. The fourth-order valence-corrected chi connectivity index (χ4v) is 5.55. The molecule has 0 unspecified atom stereocenters. The minimum Gasteiger partial charge on any atom is -0.396 e. The summed E-state index contributed by atoms with van der Waals surface area (Å²) in [5, 5.41) is 17.5. The highest BCUT2D eigenvalue weighted by Crippen LogP contribution is 2.45. The summed E-state index contributed by atoms with van der Waals surface area (Å²) < 4.78 is 13.6. The molecular weight excluding hydrogens is 437 g/mol. The van der Waals surface area contributed by atoms with Crippen LogP contribution in [0.4, 0.5) is 16.2 Å². The highest BCUT2D eigenvalue weighted by molar-refractivity contribution is 7.21. The maximum Gasteiger partial charge on any atom is 0.226 e. The second-order valence-corrected chi connectivity index (χ2v) is 9.72. The SMILES string of the molecule is C[C@@H]1[C@@H](CO)CC[C@]1(C)Nc1nc(NCCCF)nc(Cl)c1-c1nc2ccccc2s1. The van der Waals surface area contributed by atoms with Crippen LogP contribution in [0.1, 0.15) is 33.1 Å². The molecule has 3 N–H and O–H groups in total. The molecule has 0 saturated heterocycles. The number of benzene rings is 1. The van der Waals surface area contributed by atoms with E-state index in [0.29, 0.717) is 35.4 Å². The van der Waals surface area contributed by atoms with E-state index < -0.39 is 6.67 Å². The zero-order valence-electron chi connectivity index (χ0n) is 17.7. The van der Waals surface area contributed by atoms with Gasteiger partial charge in [0.15, 0.2) is 0 Å². The average Bonchev–Trinajstić information content (AvgIpc) is 3.29. The van der Waals surface area contributed by atoms with E-state index in [4.69, 9.17) is 21.6 Å². The summed E-state index contributed by atoms with van der Waals surface area (Å²) in [6.07, 6.45) is 2.22. The number of fused-ring (bicyclic) bond motifs is 1. The molecule has 1 aliphatic carbocycles. The van der Waals surface area contributed by atoms with Gasteiger partial charge in [-0.15, -0.1) is 11.3 Å². The summed E-state index contributed by atoms with van der Waals surface area (Å²) in [7, 11) is 0. The summed E-state index contributed by atoms with van der Waals surface area (Å²) in [4.78, 5) is 13.9. The van der Waals surface area contributed by atoms with Crippen LogP contribution in [-0.4, -0.2) is 45.4 Å². The van der Waals surface area contributed by atoms with Crippen molar-refractivity contribution in [3.05, 3.63) is 29.4 Å². The molecule has 9 heteroatoms. The summed E-state index contributed by atoms with van der Waals surface area (Å²) >= 11 is 8.20. The van der Waals surface area contributed by atoms with Crippen LogP contribution in [0.2, 0.25) is 5.15 Å². The van der Waals surface area contributed by atoms with Crippen LogP contribution in [-0.2, 0) is 0 Å². The van der Waals surface area contributed by atoms with E-state index in [-0.39, 0.29) is 24.0 Å². The molecule has 3 aromatic rings. The number of para-hydroxylation sites is 1. The van der Waals surface area contributed by atoms with Crippen LogP contribution in [0.3, 0.4) is 0 Å². The lowest BCUT2D eigenvalue weighted by Gasteiger charge is -2.33. The largest absolute Gasteiger partial charge is 0.396 e. The maximum absolute atomic E-state index is 12.5. The Morgan fingerprint density at radius 2 is 2.10 bits per heavy atom. The first kappa shape index (κ1) is 22.2. The van der Waals surface area contributed by atoms with Gasteiger partial charge in [-0.1, -0.05) is 30.7 Å². The third kappa shape index (κ3) is 4.47. The first-order valence-corrected chi connectivity index (χ1v) is 11.8. The van der Waals surface area contributed by atoms with Crippen molar-refractivity contribution < 1.29 is 9.50 Å². The molecule has 4 rings (SSSR count). The Morgan fingerprint density at radius 1 is 1.29 bits per heavy atom. The van der Waals surface area contributed by atoms with E-state index in [1.54, 1.807) is 11.3 Å². The topological polar surface area (TPSA) is 83.0 Å². The van der Waals surface area contributed by atoms with E-state index in [1.807, 2.05) is 24.3 Å². The molecule has 0 spiro atoms. The van der Waals surface area contributed by atoms with Crippen molar-refractivity contribution in [2.45, 2.75) is 38.6 Å². The van der Waals surface area contributed by atoms with Crippen molar-refractivity contribution in [2.75, 3.05) is 30.5 Å². The van der Waals surface area contributed by atoms with Crippen LogP contribution in [0, 0.1) is 11.8 Å². The van der Waals surface area contributed by atoms with Crippen LogP contribution < -0.4 is 10.6 Å². The second-order valence-electron chi connectivity index (χ2n) is 8.33. The number of halogens is 2. The van der Waals surface area contributed by atoms with E-state index in [1.165, 1.54) is 0 Å². The Hall–Kier alpha value is -2.03. The number of hydrogen-bond acceptors (Lipinski definition) is 7. The van der Waals surface area contributed by atoms with Crippen molar-refractivity contribution in [3.8, 4) is 10.6 Å². The van der Waals surface area contributed by atoms with Gasteiger partial charge in [0.2, 0.25) is 5.95 Å². The third-order valence-corrected chi connectivity index (χ3v) is 7.68. The van der Waals surface area contributed by atoms with Crippen LogP contribution in [0.15, 0.2) is 24.3 Å². The summed E-state index contributed by atoms with van der Waals surface area (Å²) in [5.41, 5.74) is 1.31. The number of aliphatic hydroxyl groups is 1. The lowest BCUT2D eigenvalue weighted by atomic mass is 9.86. The van der Waals surface area contributed by atoms with Crippen molar-refractivity contribution in [1.29, 1.82) is 0 Å². The van der Waals surface area contributed by atoms with Gasteiger partial charge in [0.1, 0.15) is 16.0 Å². The average molecular weight is 464 g/mol. The fraction of sp³-hybridized carbons (Fsp3) is 0.500. The molecule has 3 atom stereocenters. The highest BCUT2D eigenvalue weighted by Gasteiger charge is 2.43. The molecule has 2 aromatic heterocycles. The number of rotatable bonds is 8. The lowest BCUT2D eigenvalue weighted by Crippen LogP contribution is -2.40. The van der Waals surface area contributed by atoms with Gasteiger partial charge < -0.3 is 15.7 Å². The molecule has 0 amide bonds. The number of aliphatic hydroxyl groups excluding tert-OH is 1. The minimum atomic E-state index is -0.409. The molecular formula is C22H27ClFN5OS. The standard InChI is InChI=1S/C22H27ClFN5OS/c1-13-14(12-30)8-9-22(13,2)29-19-17(18(23)27-21(28-19)25-11-5-10-24)20-26-15-6-3-4-7-16(15)31-20/h3-4,6-7,13-14,30H,5,8-12H2,1-2H3,(H2,25,27,28,29)/t13-,14-,22+/m1/s1. The van der Waals surface area contributed by atoms with Gasteiger partial charge in [0.25, 0.3) is 0 Å². The van der Waals surface area contributed by atoms with Gasteiger partial charge in [-0.3, -0.25) is 4.39 Å². The Labute approximate surface area is 190 Å². The summed E-state index contributed by atoms with van der Waals surface area (Å²) in [5.74, 6) is 1.45. The molecule has 1 fully saturated rings. The first-order valence-electron chi connectivity index (χ1n) is 10.6. The van der Waals surface area contributed by atoms with Gasteiger partial charge >= 0.3 is 0 Å². The third-order valence-electron chi connectivity index (χ3n) is 6.35. The van der Waals surface area contributed by atoms with Crippen molar-refractivity contribution in [3.63, 3.8) is 0 Å².